The number of hydrogen-bond donors (Lipinski definition) is 0. The molecule has 1 aliphatic heterocycles. The van der Waals surface area contributed by atoms with Crippen LogP contribution in [0.1, 0.15) is 29.0 Å². The number of likely N-dealkylation sites (tertiary alicyclic amines) is 1. The van der Waals surface area contributed by atoms with Crippen molar-refractivity contribution in [2.45, 2.75) is 25.8 Å². The van der Waals surface area contributed by atoms with E-state index in [1.54, 1.807) is 17.5 Å². The first-order valence-electron chi connectivity index (χ1n) is 7.49. The Morgan fingerprint density at radius 1 is 1.43 bits per heavy atom. The average Bonchev–Trinajstić information content (AvgIpc) is 3.16. The van der Waals surface area contributed by atoms with Crippen LogP contribution in [0.2, 0.25) is 0 Å². The van der Waals surface area contributed by atoms with Crippen LogP contribution in [0.4, 0.5) is 0 Å². The van der Waals surface area contributed by atoms with Crippen molar-refractivity contribution in [2.24, 2.45) is 5.92 Å². The molecule has 0 aromatic carbocycles. The van der Waals surface area contributed by atoms with Gasteiger partial charge in [-0.15, -0.1) is 0 Å². The Labute approximate surface area is 129 Å². The predicted octanol–water partition coefficient (Wildman–Crippen LogP) is 2.71. The number of rotatable bonds is 5. The van der Waals surface area contributed by atoms with Crippen LogP contribution in [0.5, 0.6) is 0 Å². The number of carbonyl (C=O) groups excluding carboxylic acids is 1. The first-order chi connectivity index (χ1) is 10.2. The number of carbonyl (C=O) groups is 1. The molecule has 3 rings (SSSR count). The lowest BCUT2D eigenvalue weighted by molar-refractivity contribution is 0.0841. The van der Waals surface area contributed by atoms with Crippen LogP contribution >= 0.6 is 11.3 Å². The number of imidazole rings is 1. The summed E-state index contributed by atoms with van der Waals surface area (Å²) in [5, 5.41) is 4.25. The lowest BCUT2D eigenvalue weighted by Gasteiger charge is -2.27. The molecule has 2 aromatic heterocycles. The molecule has 0 radical (unpaired) electrons. The highest BCUT2D eigenvalue weighted by Gasteiger charge is 2.27. The number of hydrogen-bond acceptors (Lipinski definition) is 4. The second-order valence-corrected chi connectivity index (χ2v) is 6.55. The van der Waals surface area contributed by atoms with Gasteiger partial charge < -0.3 is 9.47 Å². The molecule has 2 aromatic rings. The molecule has 0 N–H and O–H groups in total. The van der Waals surface area contributed by atoms with E-state index >= 15 is 0 Å². The Morgan fingerprint density at radius 2 is 2.24 bits per heavy atom. The van der Waals surface area contributed by atoms with Crippen molar-refractivity contribution in [1.29, 1.82) is 0 Å². The van der Waals surface area contributed by atoms with Crippen molar-refractivity contribution in [1.82, 2.24) is 14.5 Å². The maximum atomic E-state index is 12.6. The van der Waals surface area contributed by atoms with E-state index in [2.05, 4.69) is 33.8 Å². The minimum atomic E-state index is 0.142. The summed E-state index contributed by atoms with van der Waals surface area (Å²) in [6.45, 7) is 2.84. The second kappa shape index (κ2) is 6.54. The van der Waals surface area contributed by atoms with E-state index in [9.17, 15) is 4.79 Å². The van der Waals surface area contributed by atoms with Crippen molar-refractivity contribution in [3.05, 3.63) is 40.6 Å². The molecule has 0 saturated carbocycles. The molecule has 0 aliphatic carbocycles. The zero-order valence-corrected chi connectivity index (χ0v) is 13.2. The minimum Gasteiger partial charge on any atom is -0.328 e. The summed E-state index contributed by atoms with van der Waals surface area (Å²) in [5.74, 6) is 1.00. The van der Waals surface area contributed by atoms with Gasteiger partial charge >= 0.3 is 0 Å². The summed E-state index contributed by atoms with van der Waals surface area (Å²) in [7, 11) is 2.11. The van der Waals surface area contributed by atoms with E-state index in [1.165, 1.54) is 5.56 Å². The number of ketones is 1. The normalized spacial score (nSPS) is 17.2. The molecule has 0 spiro atoms. The fourth-order valence-corrected chi connectivity index (χ4v) is 3.56. The highest BCUT2D eigenvalue weighted by atomic mass is 32.1. The van der Waals surface area contributed by atoms with Crippen LogP contribution < -0.4 is 0 Å². The van der Waals surface area contributed by atoms with Crippen LogP contribution in [0, 0.1) is 5.92 Å². The molecule has 5 heteroatoms. The maximum absolute atomic E-state index is 12.6. The van der Waals surface area contributed by atoms with E-state index in [0.29, 0.717) is 5.82 Å². The quantitative estimate of drug-likeness (QED) is 0.797. The minimum absolute atomic E-state index is 0.142. The van der Waals surface area contributed by atoms with Gasteiger partial charge in [0.1, 0.15) is 0 Å². The Balaban J connectivity index is 1.65. The number of piperidine rings is 1. The SMILES string of the molecule is CN1CCC(C(=O)c2nccn2CCc2ccsc2)CC1. The molecular formula is C16H21N3OS. The van der Waals surface area contributed by atoms with Crippen LogP contribution in [-0.2, 0) is 13.0 Å². The molecule has 3 heterocycles. The highest BCUT2D eigenvalue weighted by molar-refractivity contribution is 7.07. The summed E-state index contributed by atoms with van der Waals surface area (Å²) in [6, 6.07) is 2.14. The summed E-state index contributed by atoms with van der Waals surface area (Å²) in [4.78, 5) is 19.2. The van der Waals surface area contributed by atoms with Crippen molar-refractivity contribution >= 4 is 17.1 Å². The molecular weight excluding hydrogens is 282 g/mol. The van der Waals surface area contributed by atoms with E-state index in [0.717, 1.165) is 38.9 Å². The van der Waals surface area contributed by atoms with Crippen LogP contribution in [-0.4, -0.2) is 40.4 Å². The van der Waals surface area contributed by atoms with Gasteiger partial charge in [-0.25, -0.2) is 4.98 Å². The Hall–Kier alpha value is -1.46. The Morgan fingerprint density at radius 3 is 2.95 bits per heavy atom. The molecule has 21 heavy (non-hydrogen) atoms. The highest BCUT2D eigenvalue weighted by Crippen LogP contribution is 2.20. The third-order valence-electron chi connectivity index (χ3n) is 4.25. The van der Waals surface area contributed by atoms with Gasteiger partial charge in [-0.2, -0.15) is 11.3 Å². The van der Waals surface area contributed by atoms with Gasteiger partial charge in [-0.05, 0) is 61.8 Å². The molecule has 1 fully saturated rings. The van der Waals surface area contributed by atoms with Gasteiger partial charge in [0, 0.05) is 24.9 Å². The van der Waals surface area contributed by atoms with Gasteiger partial charge in [-0.3, -0.25) is 4.79 Å². The number of thiophene rings is 1. The first-order valence-corrected chi connectivity index (χ1v) is 8.43. The molecule has 0 bridgehead atoms. The zero-order valence-electron chi connectivity index (χ0n) is 12.4. The predicted molar refractivity (Wildman–Crippen MR) is 84.8 cm³/mol. The number of Topliss-reactive ketones (excluding diaryl/α,β-unsaturated/α-hetero) is 1. The third kappa shape index (κ3) is 3.41. The van der Waals surface area contributed by atoms with E-state index in [4.69, 9.17) is 0 Å². The number of aromatic nitrogens is 2. The lowest BCUT2D eigenvalue weighted by Crippen LogP contribution is -2.34. The average molecular weight is 303 g/mol. The lowest BCUT2D eigenvalue weighted by atomic mass is 9.92. The molecule has 0 unspecified atom stereocenters. The van der Waals surface area contributed by atoms with Gasteiger partial charge in [0.25, 0.3) is 0 Å². The van der Waals surface area contributed by atoms with Crippen LogP contribution in [0.3, 0.4) is 0 Å². The topological polar surface area (TPSA) is 38.1 Å². The Kier molecular flexibility index (Phi) is 4.51. The van der Waals surface area contributed by atoms with Gasteiger partial charge in [-0.1, -0.05) is 0 Å². The first kappa shape index (κ1) is 14.5. The van der Waals surface area contributed by atoms with E-state index < -0.39 is 0 Å². The maximum Gasteiger partial charge on any atom is 0.201 e. The molecule has 0 amide bonds. The molecule has 1 aliphatic rings. The molecule has 0 atom stereocenters. The van der Waals surface area contributed by atoms with Gasteiger partial charge in [0.05, 0.1) is 0 Å². The second-order valence-electron chi connectivity index (χ2n) is 5.77. The van der Waals surface area contributed by atoms with Crippen molar-refractivity contribution in [3.63, 3.8) is 0 Å². The van der Waals surface area contributed by atoms with Crippen molar-refractivity contribution < 1.29 is 4.79 Å². The monoisotopic (exact) mass is 303 g/mol. The Bertz CT molecular complexity index is 582. The summed E-state index contributed by atoms with van der Waals surface area (Å²) >= 11 is 1.71. The fraction of sp³-hybridized carbons (Fsp3) is 0.500. The van der Waals surface area contributed by atoms with Crippen LogP contribution in [0.25, 0.3) is 0 Å². The zero-order chi connectivity index (χ0) is 14.7. The third-order valence-corrected chi connectivity index (χ3v) is 4.98. The van der Waals surface area contributed by atoms with Crippen molar-refractivity contribution in [2.75, 3.05) is 20.1 Å². The number of nitrogens with zero attached hydrogens (tertiary/aromatic N) is 3. The van der Waals surface area contributed by atoms with Crippen molar-refractivity contribution in [3.8, 4) is 0 Å². The molecule has 4 nitrogen and oxygen atoms in total. The number of aryl methyl sites for hydroxylation is 2. The largest absolute Gasteiger partial charge is 0.328 e. The van der Waals surface area contributed by atoms with Gasteiger partial charge in [0.15, 0.2) is 5.82 Å². The summed E-state index contributed by atoms with van der Waals surface area (Å²) in [6.07, 6.45) is 6.53. The summed E-state index contributed by atoms with van der Waals surface area (Å²) in [5.41, 5.74) is 1.33. The smallest absolute Gasteiger partial charge is 0.201 e. The van der Waals surface area contributed by atoms with Gasteiger partial charge in [0.2, 0.25) is 5.78 Å². The van der Waals surface area contributed by atoms with E-state index in [1.807, 2.05) is 10.8 Å². The molecule has 112 valence electrons. The summed E-state index contributed by atoms with van der Waals surface area (Å²) < 4.78 is 2.01. The van der Waals surface area contributed by atoms with Crippen LogP contribution in [0.15, 0.2) is 29.2 Å². The standard InChI is InChI=1S/C16H21N3OS/c1-18-7-3-14(4-8-18)15(20)16-17-6-10-19(16)9-2-13-5-11-21-12-13/h5-6,10-12,14H,2-4,7-9H2,1H3. The van der Waals surface area contributed by atoms with E-state index in [-0.39, 0.29) is 11.7 Å². The molecule has 1 saturated heterocycles. The fourth-order valence-electron chi connectivity index (χ4n) is 2.85.